The van der Waals surface area contributed by atoms with E-state index in [4.69, 9.17) is 0 Å². The van der Waals surface area contributed by atoms with E-state index in [0.29, 0.717) is 19.6 Å². The Kier molecular flexibility index (Phi) is 3.94. The first kappa shape index (κ1) is 13.7. The third-order valence-electron chi connectivity index (χ3n) is 3.58. The van der Waals surface area contributed by atoms with Gasteiger partial charge in [0.05, 0.1) is 18.0 Å². The summed E-state index contributed by atoms with van der Waals surface area (Å²) in [7, 11) is 0. The molecule has 1 aromatic carbocycles. The molecule has 0 spiro atoms. The van der Waals surface area contributed by atoms with Crippen LogP contribution in [0.2, 0.25) is 0 Å². The number of rotatable bonds is 4. The molecule has 7 heteroatoms. The third kappa shape index (κ3) is 3.09. The lowest BCUT2D eigenvalue weighted by molar-refractivity contribution is 0.0922. The second kappa shape index (κ2) is 6.02. The van der Waals surface area contributed by atoms with Crippen molar-refractivity contribution in [1.29, 1.82) is 0 Å². The van der Waals surface area contributed by atoms with Gasteiger partial charge >= 0.3 is 0 Å². The van der Waals surface area contributed by atoms with Crippen LogP contribution in [0.4, 0.5) is 0 Å². The van der Waals surface area contributed by atoms with Crippen LogP contribution in [0.3, 0.4) is 0 Å². The minimum absolute atomic E-state index is 0.0399. The summed E-state index contributed by atoms with van der Waals surface area (Å²) < 4.78 is 1.56. The quantitative estimate of drug-likeness (QED) is 0.710. The molecule has 7 nitrogen and oxygen atoms in total. The van der Waals surface area contributed by atoms with Gasteiger partial charge in [-0.25, -0.2) is 4.68 Å². The highest BCUT2D eigenvalue weighted by molar-refractivity contribution is 5.91. The Balaban J connectivity index is 1.62. The Hall–Kier alpha value is -2.25. The van der Waals surface area contributed by atoms with E-state index in [9.17, 15) is 9.90 Å². The number of β-amino-alcohol motifs (C(OH)–C–C–N with tert-alkyl or cyclic N) is 1. The van der Waals surface area contributed by atoms with Crippen LogP contribution in [-0.4, -0.2) is 51.7 Å². The summed E-state index contributed by atoms with van der Waals surface area (Å²) in [6.07, 6.45) is 1.18. The van der Waals surface area contributed by atoms with Crippen molar-refractivity contribution in [2.24, 2.45) is 5.92 Å². The molecule has 2 atom stereocenters. The van der Waals surface area contributed by atoms with Gasteiger partial charge < -0.3 is 15.7 Å². The van der Waals surface area contributed by atoms with E-state index in [-0.39, 0.29) is 17.5 Å². The summed E-state index contributed by atoms with van der Waals surface area (Å²) in [5.41, 5.74) is 1.11. The standard InChI is InChI=1S/C14H17N5O2/c20-13-8-15-6-10(13)7-16-14(21)12-9-19(18-17-12)11-4-2-1-3-5-11/h1-5,9-10,13,15,20H,6-8H2,(H,16,21). The lowest BCUT2D eigenvalue weighted by Crippen LogP contribution is -2.34. The third-order valence-corrected chi connectivity index (χ3v) is 3.58. The summed E-state index contributed by atoms with van der Waals surface area (Å²) in [4.78, 5) is 12.0. The van der Waals surface area contributed by atoms with Crippen molar-refractivity contribution in [3.63, 3.8) is 0 Å². The van der Waals surface area contributed by atoms with Crippen LogP contribution in [0, 0.1) is 5.92 Å². The zero-order valence-electron chi connectivity index (χ0n) is 11.4. The van der Waals surface area contributed by atoms with Crippen molar-refractivity contribution in [2.45, 2.75) is 6.10 Å². The first-order valence-electron chi connectivity index (χ1n) is 6.89. The van der Waals surface area contributed by atoms with E-state index in [1.54, 1.807) is 10.9 Å². The smallest absolute Gasteiger partial charge is 0.273 e. The average molecular weight is 287 g/mol. The van der Waals surface area contributed by atoms with Crippen LogP contribution in [0.5, 0.6) is 0 Å². The predicted octanol–water partition coefficient (Wildman–Crippen LogP) is -0.423. The van der Waals surface area contributed by atoms with Gasteiger partial charge in [-0.05, 0) is 12.1 Å². The Morgan fingerprint density at radius 1 is 1.38 bits per heavy atom. The molecule has 21 heavy (non-hydrogen) atoms. The molecule has 110 valence electrons. The van der Waals surface area contributed by atoms with Crippen LogP contribution in [0.1, 0.15) is 10.5 Å². The minimum atomic E-state index is -0.412. The number of nitrogens with one attached hydrogen (secondary N) is 2. The predicted molar refractivity (Wildman–Crippen MR) is 76.1 cm³/mol. The normalized spacial score (nSPS) is 21.4. The Morgan fingerprint density at radius 3 is 2.90 bits per heavy atom. The van der Waals surface area contributed by atoms with Crippen molar-refractivity contribution in [1.82, 2.24) is 25.6 Å². The van der Waals surface area contributed by atoms with Gasteiger partial charge in [0.1, 0.15) is 0 Å². The number of carbonyl (C=O) groups excluding carboxylic acids is 1. The first-order valence-corrected chi connectivity index (χ1v) is 6.89. The Bertz CT molecular complexity index is 613. The molecule has 1 aromatic heterocycles. The van der Waals surface area contributed by atoms with Crippen molar-refractivity contribution < 1.29 is 9.90 Å². The number of hydrogen-bond acceptors (Lipinski definition) is 5. The van der Waals surface area contributed by atoms with Crippen molar-refractivity contribution >= 4 is 5.91 Å². The van der Waals surface area contributed by atoms with Gasteiger partial charge in [0.25, 0.3) is 5.91 Å². The molecule has 2 aromatic rings. The van der Waals surface area contributed by atoms with Gasteiger partial charge in [0.2, 0.25) is 0 Å². The van der Waals surface area contributed by atoms with Crippen LogP contribution in [0.25, 0.3) is 5.69 Å². The Morgan fingerprint density at radius 2 is 2.19 bits per heavy atom. The maximum atomic E-state index is 12.0. The van der Waals surface area contributed by atoms with E-state index in [0.717, 1.165) is 5.69 Å². The molecule has 0 aliphatic carbocycles. The molecule has 0 bridgehead atoms. The summed E-state index contributed by atoms with van der Waals surface area (Å²) in [6, 6.07) is 9.47. The summed E-state index contributed by atoms with van der Waals surface area (Å²) in [5, 5.41) is 23.4. The van der Waals surface area contributed by atoms with Gasteiger partial charge in [0, 0.05) is 25.6 Å². The van der Waals surface area contributed by atoms with Crippen LogP contribution < -0.4 is 10.6 Å². The van der Waals surface area contributed by atoms with Gasteiger partial charge in [-0.1, -0.05) is 23.4 Å². The molecule has 1 amide bonds. The molecule has 0 radical (unpaired) electrons. The number of carbonyl (C=O) groups is 1. The van der Waals surface area contributed by atoms with E-state index in [1.165, 1.54) is 0 Å². The lowest BCUT2D eigenvalue weighted by atomic mass is 10.1. The van der Waals surface area contributed by atoms with Crippen LogP contribution in [0.15, 0.2) is 36.5 Å². The number of aliphatic hydroxyl groups is 1. The second-order valence-electron chi connectivity index (χ2n) is 5.08. The average Bonchev–Trinajstić information content (AvgIpc) is 3.15. The molecule has 3 rings (SSSR count). The Labute approximate surface area is 122 Å². The van der Waals surface area contributed by atoms with E-state index in [1.807, 2.05) is 30.3 Å². The number of hydrogen-bond donors (Lipinski definition) is 3. The lowest BCUT2D eigenvalue weighted by Gasteiger charge is -2.13. The van der Waals surface area contributed by atoms with Gasteiger partial charge in [-0.2, -0.15) is 0 Å². The molecule has 1 aliphatic rings. The maximum Gasteiger partial charge on any atom is 0.273 e. The van der Waals surface area contributed by atoms with Gasteiger partial charge in [-0.3, -0.25) is 4.79 Å². The van der Waals surface area contributed by atoms with Gasteiger partial charge in [0.15, 0.2) is 5.69 Å². The number of nitrogens with zero attached hydrogens (tertiary/aromatic N) is 3. The van der Waals surface area contributed by atoms with Crippen molar-refractivity contribution in [3.8, 4) is 5.69 Å². The van der Waals surface area contributed by atoms with Crippen LogP contribution >= 0.6 is 0 Å². The number of amides is 1. The summed E-state index contributed by atoms with van der Waals surface area (Å²) >= 11 is 0. The zero-order chi connectivity index (χ0) is 14.7. The van der Waals surface area contributed by atoms with Crippen molar-refractivity contribution in [3.05, 3.63) is 42.2 Å². The topological polar surface area (TPSA) is 92.1 Å². The number of benzene rings is 1. The number of aliphatic hydroxyl groups excluding tert-OH is 1. The summed E-state index contributed by atoms with van der Waals surface area (Å²) in [5.74, 6) is -0.241. The molecule has 3 N–H and O–H groups in total. The molecule has 2 unspecified atom stereocenters. The van der Waals surface area contributed by atoms with E-state index < -0.39 is 6.10 Å². The highest BCUT2D eigenvalue weighted by Crippen LogP contribution is 2.08. The molecule has 2 heterocycles. The first-order chi connectivity index (χ1) is 10.2. The molecule has 1 saturated heterocycles. The maximum absolute atomic E-state index is 12.0. The second-order valence-corrected chi connectivity index (χ2v) is 5.08. The fourth-order valence-electron chi connectivity index (χ4n) is 2.32. The molecular formula is C14H17N5O2. The largest absolute Gasteiger partial charge is 0.391 e. The molecule has 0 saturated carbocycles. The van der Waals surface area contributed by atoms with Gasteiger partial charge in [-0.15, -0.1) is 5.10 Å². The van der Waals surface area contributed by atoms with E-state index >= 15 is 0 Å². The van der Waals surface area contributed by atoms with E-state index in [2.05, 4.69) is 20.9 Å². The molecule has 1 fully saturated rings. The zero-order valence-corrected chi connectivity index (χ0v) is 11.4. The number of para-hydroxylation sites is 1. The molecular weight excluding hydrogens is 270 g/mol. The highest BCUT2D eigenvalue weighted by atomic mass is 16.3. The minimum Gasteiger partial charge on any atom is -0.391 e. The highest BCUT2D eigenvalue weighted by Gasteiger charge is 2.25. The monoisotopic (exact) mass is 287 g/mol. The van der Waals surface area contributed by atoms with Crippen molar-refractivity contribution in [2.75, 3.05) is 19.6 Å². The van der Waals surface area contributed by atoms with Crippen LogP contribution in [-0.2, 0) is 0 Å². The fraction of sp³-hybridized carbons (Fsp3) is 0.357. The fourth-order valence-corrected chi connectivity index (χ4v) is 2.32. The summed E-state index contributed by atoms with van der Waals surface area (Å²) in [6.45, 7) is 1.70. The molecule has 1 aliphatic heterocycles. The number of aromatic nitrogens is 3. The SMILES string of the molecule is O=C(NCC1CNCC1O)c1cn(-c2ccccc2)nn1.